The lowest BCUT2D eigenvalue weighted by Gasteiger charge is -2.20. The fourth-order valence-electron chi connectivity index (χ4n) is 2.29. The average Bonchev–Trinajstić information content (AvgIpc) is 2.45. The molecule has 1 aliphatic heterocycles. The fourth-order valence-corrected chi connectivity index (χ4v) is 3.28. The van der Waals surface area contributed by atoms with Crippen molar-refractivity contribution in [2.45, 2.75) is 9.79 Å². The summed E-state index contributed by atoms with van der Waals surface area (Å²) in [6, 6.07) is 12.6. The van der Waals surface area contributed by atoms with Gasteiger partial charge in [0.05, 0.1) is 11.4 Å². The summed E-state index contributed by atoms with van der Waals surface area (Å²) in [6.45, 7) is 0. The molecule has 0 saturated heterocycles. The zero-order valence-corrected chi connectivity index (χ0v) is 11.0. The molecule has 20 heavy (non-hydrogen) atoms. The van der Waals surface area contributed by atoms with Crippen LogP contribution in [-0.2, 0) is 0 Å². The van der Waals surface area contributed by atoms with Gasteiger partial charge in [0, 0.05) is 16.3 Å². The van der Waals surface area contributed by atoms with Gasteiger partial charge in [-0.1, -0.05) is 23.9 Å². The number of nitrogens with one attached hydrogen (secondary N) is 1. The number of aromatic hydroxyl groups is 1. The number of hydrogen-bond donors (Lipinski definition) is 2. The molecular weight excluding hydrogens is 274 g/mol. The normalized spacial score (nSPS) is 12.6. The molecule has 2 N–H and O–H groups in total. The van der Waals surface area contributed by atoms with Gasteiger partial charge in [0.1, 0.15) is 16.2 Å². The van der Waals surface area contributed by atoms with Crippen molar-refractivity contribution in [3.63, 3.8) is 0 Å². The highest BCUT2D eigenvalue weighted by molar-refractivity contribution is 7.99. The number of rotatable bonds is 0. The Bertz CT molecular complexity index is 901. The Morgan fingerprint density at radius 2 is 2.00 bits per heavy atom. The lowest BCUT2D eigenvalue weighted by atomic mass is 10.2. The van der Waals surface area contributed by atoms with E-state index in [1.54, 1.807) is 12.1 Å². The van der Waals surface area contributed by atoms with Crippen LogP contribution in [0.1, 0.15) is 0 Å². The Labute approximate surface area is 118 Å². The van der Waals surface area contributed by atoms with Crippen LogP contribution in [0, 0.1) is 0 Å². The zero-order chi connectivity index (χ0) is 13.7. The first-order valence-corrected chi connectivity index (χ1v) is 6.88. The molecule has 0 bridgehead atoms. The molecule has 0 aliphatic carbocycles. The second-order valence-corrected chi connectivity index (χ2v) is 5.55. The van der Waals surface area contributed by atoms with Crippen LogP contribution in [0.3, 0.4) is 0 Å². The first-order chi connectivity index (χ1) is 9.72. The number of benzene rings is 2. The summed E-state index contributed by atoms with van der Waals surface area (Å²) in [4.78, 5) is 13.6. The van der Waals surface area contributed by atoms with E-state index in [0.717, 1.165) is 21.7 Å². The molecule has 0 amide bonds. The Balaban J connectivity index is 2.04. The monoisotopic (exact) mass is 283 g/mol. The second-order valence-electron chi connectivity index (χ2n) is 4.50. The highest BCUT2D eigenvalue weighted by atomic mass is 32.2. The quantitative estimate of drug-likeness (QED) is 0.482. The van der Waals surface area contributed by atoms with Crippen molar-refractivity contribution in [1.82, 2.24) is 0 Å². The molecule has 0 radical (unpaired) electrons. The predicted molar refractivity (Wildman–Crippen MR) is 78.0 cm³/mol. The zero-order valence-electron chi connectivity index (χ0n) is 10.2. The third-order valence-corrected chi connectivity index (χ3v) is 4.36. The summed E-state index contributed by atoms with van der Waals surface area (Å²) in [5, 5.41) is 13.6. The molecule has 4 nitrogen and oxygen atoms in total. The predicted octanol–water partition coefficient (Wildman–Crippen LogP) is 3.71. The topological polar surface area (TPSA) is 62.5 Å². The van der Waals surface area contributed by atoms with Gasteiger partial charge in [0.2, 0.25) is 0 Å². The minimum Gasteiger partial charge on any atom is -0.508 e. The number of phenolic OH excluding ortho intramolecular Hbond substituents is 1. The van der Waals surface area contributed by atoms with E-state index in [2.05, 4.69) is 5.32 Å². The van der Waals surface area contributed by atoms with Crippen LogP contribution >= 0.6 is 11.8 Å². The Hall–Kier alpha value is -2.40. The van der Waals surface area contributed by atoms with Crippen LogP contribution < -0.4 is 10.9 Å². The van der Waals surface area contributed by atoms with Gasteiger partial charge >= 0.3 is 5.63 Å². The minimum atomic E-state index is -0.398. The molecule has 3 aromatic rings. The van der Waals surface area contributed by atoms with Crippen molar-refractivity contribution in [2.75, 3.05) is 5.32 Å². The number of phenols is 1. The maximum absolute atomic E-state index is 12.1. The van der Waals surface area contributed by atoms with E-state index >= 15 is 0 Å². The Morgan fingerprint density at radius 3 is 2.90 bits per heavy atom. The van der Waals surface area contributed by atoms with Crippen molar-refractivity contribution in [3.05, 3.63) is 52.9 Å². The molecule has 98 valence electrons. The highest BCUT2D eigenvalue weighted by Gasteiger charge is 2.22. The van der Waals surface area contributed by atoms with Gasteiger partial charge in [-0.25, -0.2) is 4.79 Å². The molecule has 1 aliphatic rings. The highest BCUT2D eigenvalue weighted by Crippen LogP contribution is 2.45. The maximum Gasteiger partial charge on any atom is 0.352 e. The van der Waals surface area contributed by atoms with Crippen molar-refractivity contribution < 1.29 is 9.52 Å². The second kappa shape index (κ2) is 4.05. The molecule has 0 atom stereocenters. The summed E-state index contributed by atoms with van der Waals surface area (Å²) in [5.41, 5.74) is 1.68. The number of anilines is 2. The summed E-state index contributed by atoms with van der Waals surface area (Å²) >= 11 is 1.40. The van der Waals surface area contributed by atoms with E-state index < -0.39 is 5.63 Å². The van der Waals surface area contributed by atoms with E-state index in [4.69, 9.17) is 4.42 Å². The van der Waals surface area contributed by atoms with Crippen molar-refractivity contribution >= 4 is 34.1 Å². The van der Waals surface area contributed by atoms with Gasteiger partial charge in [-0.2, -0.15) is 0 Å². The van der Waals surface area contributed by atoms with Crippen molar-refractivity contribution in [2.24, 2.45) is 0 Å². The first kappa shape index (κ1) is 11.4. The molecular formula is C15H9NO3S. The average molecular weight is 283 g/mol. The van der Waals surface area contributed by atoms with Crippen LogP contribution in [0.4, 0.5) is 11.4 Å². The van der Waals surface area contributed by atoms with Crippen LogP contribution in [0.15, 0.2) is 61.5 Å². The molecule has 0 saturated carbocycles. The van der Waals surface area contributed by atoms with E-state index in [1.165, 1.54) is 17.8 Å². The first-order valence-electron chi connectivity index (χ1n) is 6.06. The Kier molecular flexibility index (Phi) is 2.31. The van der Waals surface area contributed by atoms with Crippen molar-refractivity contribution in [1.29, 1.82) is 0 Å². The molecule has 2 aromatic carbocycles. The SMILES string of the molecule is O=c1oc2cc(O)ccc2c2c1Sc1ccccc1N2. The fraction of sp³-hybridized carbons (Fsp3) is 0. The summed E-state index contributed by atoms with van der Waals surface area (Å²) in [6.07, 6.45) is 0. The minimum absolute atomic E-state index is 0.0736. The van der Waals surface area contributed by atoms with E-state index in [-0.39, 0.29) is 5.75 Å². The molecule has 5 heteroatoms. The van der Waals surface area contributed by atoms with Gasteiger partial charge in [-0.05, 0) is 24.3 Å². The molecule has 4 rings (SSSR count). The molecule has 0 spiro atoms. The maximum atomic E-state index is 12.1. The number of fused-ring (bicyclic) bond motifs is 4. The van der Waals surface area contributed by atoms with Gasteiger partial charge in [0.15, 0.2) is 0 Å². The van der Waals surface area contributed by atoms with Gasteiger partial charge in [0.25, 0.3) is 0 Å². The standard InChI is InChI=1S/C15H9NO3S/c17-8-5-6-9-11(7-8)19-15(18)14-13(9)16-10-3-1-2-4-12(10)20-14/h1-7,16-17H. The van der Waals surface area contributed by atoms with E-state index in [0.29, 0.717) is 10.5 Å². The largest absolute Gasteiger partial charge is 0.508 e. The van der Waals surface area contributed by atoms with Crippen LogP contribution in [0.25, 0.3) is 11.0 Å². The Morgan fingerprint density at radius 1 is 1.15 bits per heavy atom. The van der Waals surface area contributed by atoms with Gasteiger partial charge in [-0.15, -0.1) is 0 Å². The van der Waals surface area contributed by atoms with E-state index in [1.807, 2.05) is 24.3 Å². The number of para-hydroxylation sites is 1. The molecule has 0 unspecified atom stereocenters. The van der Waals surface area contributed by atoms with Crippen molar-refractivity contribution in [3.8, 4) is 5.75 Å². The number of hydrogen-bond acceptors (Lipinski definition) is 5. The summed E-state index contributed by atoms with van der Waals surface area (Å²) < 4.78 is 5.28. The third-order valence-electron chi connectivity index (χ3n) is 3.21. The van der Waals surface area contributed by atoms with Gasteiger partial charge < -0.3 is 14.8 Å². The van der Waals surface area contributed by atoms with Crippen LogP contribution in [-0.4, -0.2) is 5.11 Å². The van der Waals surface area contributed by atoms with Crippen LogP contribution in [0.2, 0.25) is 0 Å². The molecule has 1 aromatic heterocycles. The van der Waals surface area contributed by atoms with Gasteiger partial charge in [-0.3, -0.25) is 0 Å². The lowest BCUT2D eigenvalue weighted by molar-refractivity contribution is 0.472. The lowest BCUT2D eigenvalue weighted by Crippen LogP contribution is -2.10. The molecule has 0 fully saturated rings. The van der Waals surface area contributed by atoms with Crippen LogP contribution in [0.5, 0.6) is 5.75 Å². The molecule has 2 heterocycles. The smallest absolute Gasteiger partial charge is 0.352 e. The summed E-state index contributed by atoms with van der Waals surface area (Å²) in [5.74, 6) is 0.0736. The van der Waals surface area contributed by atoms with E-state index in [9.17, 15) is 9.90 Å². The third kappa shape index (κ3) is 1.60. The summed E-state index contributed by atoms with van der Waals surface area (Å²) in [7, 11) is 0.